The summed E-state index contributed by atoms with van der Waals surface area (Å²) in [6.07, 6.45) is 10.6. The number of pyridine rings is 1. The van der Waals surface area contributed by atoms with E-state index in [0.29, 0.717) is 5.92 Å². The highest BCUT2D eigenvalue weighted by Gasteiger charge is 2.60. The van der Waals surface area contributed by atoms with E-state index in [-0.39, 0.29) is 5.41 Å². The number of hydrogen-bond donors (Lipinski definition) is 0. The van der Waals surface area contributed by atoms with E-state index in [2.05, 4.69) is 67.2 Å². The molecule has 4 heteroatoms. The Hall–Kier alpha value is -2.88. The van der Waals surface area contributed by atoms with Crippen molar-refractivity contribution in [2.24, 2.45) is 10.9 Å². The number of ether oxygens (including phenoxy) is 1. The highest BCUT2D eigenvalue weighted by Crippen LogP contribution is 2.56. The van der Waals surface area contributed by atoms with E-state index in [1.165, 1.54) is 48.9 Å². The highest BCUT2D eigenvalue weighted by molar-refractivity contribution is 5.98. The third kappa shape index (κ3) is 2.68. The van der Waals surface area contributed by atoms with Crippen molar-refractivity contribution in [2.45, 2.75) is 64.0 Å². The molecule has 0 saturated heterocycles. The maximum atomic E-state index is 7.04. The van der Waals surface area contributed by atoms with E-state index in [9.17, 15) is 0 Å². The van der Waals surface area contributed by atoms with Crippen LogP contribution < -0.4 is 9.64 Å². The SMILES string of the molecule is Cc1cccc2c1C(C)(C)C1(C=Nc3c(ccc4ncccc34)O1)N2CC1CCCCC1. The number of aryl methyl sites for hydroxylation is 1. The van der Waals surface area contributed by atoms with Gasteiger partial charge in [-0.05, 0) is 81.0 Å². The van der Waals surface area contributed by atoms with Gasteiger partial charge < -0.3 is 9.64 Å². The molecule has 1 atom stereocenters. The lowest BCUT2D eigenvalue weighted by molar-refractivity contribution is 0.0731. The minimum atomic E-state index is -0.637. The quantitative estimate of drug-likeness (QED) is 0.458. The van der Waals surface area contributed by atoms with Crippen molar-refractivity contribution in [2.75, 3.05) is 11.4 Å². The van der Waals surface area contributed by atoms with Crippen LogP contribution >= 0.6 is 0 Å². The average Bonchev–Trinajstić information content (AvgIpc) is 2.99. The summed E-state index contributed by atoms with van der Waals surface area (Å²) in [5, 5.41) is 1.04. The summed E-state index contributed by atoms with van der Waals surface area (Å²) in [4.78, 5) is 12.1. The van der Waals surface area contributed by atoms with Crippen LogP contribution in [0.2, 0.25) is 0 Å². The fraction of sp³-hybridized carbons (Fsp3) is 0.429. The standard InChI is InChI=1S/C28H31N3O/c1-19-9-7-13-23-25(19)27(2,3)28(31(23)17-20-10-5-4-6-11-20)18-30-26-21-12-8-16-29-22(21)14-15-24(26)32-28/h7-9,12-16,18,20H,4-6,10-11,17H2,1-3H3. The molecule has 1 unspecified atom stereocenters. The average molecular weight is 426 g/mol. The minimum absolute atomic E-state index is 0.243. The third-order valence-electron chi connectivity index (χ3n) is 7.98. The lowest BCUT2D eigenvalue weighted by atomic mass is 9.75. The lowest BCUT2D eigenvalue weighted by Gasteiger charge is -2.47. The molecule has 164 valence electrons. The second-order valence-corrected chi connectivity index (χ2v) is 10.2. The predicted octanol–water partition coefficient (Wildman–Crippen LogP) is 6.71. The molecule has 0 N–H and O–H groups in total. The van der Waals surface area contributed by atoms with Crippen LogP contribution in [0.15, 0.2) is 53.7 Å². The van der Waals surface area contributed by atoms with Gasteiger partial charge in [0.05, 0.1) is 17.1 Å². The maximum Gasteiger partial charge on any atom is 0.228 e. The highest BCUT2D eigenvalue weighted by atomic mass is 16.5. The molecule has 0 radical (unpaired) electrons. The van der Waals surface area contributed by atoms with Crippen LogP contribution in [0.25, 0.3) is 10.9 Å². The summed E-state index contributed by atoms with van der Waals surface area (Å²) < 4.78 is 7.04. The van der Waals surface area contributed by atoms with Gasteiger partial charge in [-0.1, -0.05) is 31.4 Å². The first kappa shape index (κ1) is 19.8. The number of fused-ring (bicyclic) bond motifs is 4. The Balaban J connectivity index is 1.51. The number of benzene rings is 2. The molecule has 1 aliphatic carbocycles. The fourth-order valence-electron chi connectivity index (χ4n) is 6.34. The molecule has 32 heavy (non-hydrogen) atoms. The van der Waals surface area contributed by atoms with Crippen LogP contribution in [0.5, 0.6) is 5.75 Å². The van der Waals surface area contributed by atoms with Crippen LogP contribution in [0, 0.1) is 12.8 Å². The van der Waals surface area contributed by atoms with Crippen molar-refractivity contribution < 1.29 is 4.74 Å². The summed E-state index contributed by atoms with van der Waals surface area (Å²) >= 11 is 0. The molecule has 3 aliphatic rings. The van der Waals surface area contributed by atoms with Gasteiger partial charge in [0.1, 0.15) is 11.4 Å². The van der Waals surface area contributed by atoms with Crippen molar-refractivity contribution in [1.29, 1.82) is 0 Å². The van der Waals surface area contributed by atoms with Crippen molar-refractivity contribution in [3.05, 3.63) is 59.8 Å². The van der Waals surface area contributed by atoms with E-state index in [0.717, 1.165) is 28.9 Å². The Bertz CT molecular complexity index is 1220. The molecule has 3 aromatic rings. The molecule has 2 aliphatic heterocycles. The summed E-state index contributed by atoms with van der Waals surface area (Å²) in [5.41, 5.74) is 4.97. The first-order chi connectivity index (χ1) is 15.5. The first-order valence-electron chi connectivity index (χ1n) is 12.0. The van der Waals surface area contributed by atoms with Crippen molar-refractivity contribution in [3.63, 3.8) is 0 Å². The molecule has 1 aromatic heterocycles. The molecule has 3 heterocycles. The summed E-state index contributed by atoms with van der Waals surface area (Å²) in [6.45, 7) is 7.88. The summed E-state index contributed by atoms with van der Waals surface area (Å²) in [7, 11) is 0. The van der Waals surface area contributed by atoms with Crippen molar-refractivity contribution in [3.8, 4) is 5.75 Å². The number of nitrogens with zero attached hydrogens (tertiary/aromatic N) is 3. The van der Waals surface area contributed by atoms with Crippen molar-refractivity contribution in [1.82, 2.24) is 4.98 Å². The molecular weight excluding hydrogens is 394 g/mol. The van der Waals surface area contributed by atoms with Gasteiger partial charge in [0.15, 0.2) is 0 Å². The second-order valence-electron chi connectivity index (χ2n) is 10.2. The van der Waals surface area contributed by atoms with Crippen LogP contribution in [-0.2, 0) is 5.41 Å². The third-order valence-corrected chi connectivity index (χ3v) is 7.98. The number of anilines is 1. The normalized spacial score (nSPS) is 23.9. The van der Waals surface area contributed by atoms with Crippen LogP contribution in [0.1, 0.15) is 57.1 Å². The summed E-state index contributed by atoms with van der Waals surface area (Å²) in [5.74, 6) is 1.54. The molecule has 1 fully saturated rings. The smallest absolute Gasteiger partial charge is 0.228 e. The molecule has 1 spiro atoms. The Labute approximate surface area is 190 Å². The predicted molar refractivity (Wildman–Crippen MR) is 131 cm³/mol. The van der Waals surface area contributed by atoms with Crippen LogP contribution in [-0.4, -0.2) is 23.5 Å². The van der Waals surface area contributed by atoms with Gasteiger partial charge in [0.2, 0.25) is 5.72 Å². The van der Waals surface area contributed by atoms with Crippen molar-refractivity contribution >= 4 is 28.5 Å². The van der Waals surface area contributed by atoms with Gasteiger partial charge in [0, 0.05) is 23.8 Å². The van der Waals surface area contributed by atoms with Gasteiger partial charge in [0.25, 0.3) is 0 Å². The summed E-state index contributed by atoms with van der Waals surface area (Å²) in [6, 6.07) is 14.8. The van der Waals surface area contributed by atoms with E-state index in [1.807, 2.05) is 18.3 Å². The molecule has 1 saturated carbocycles. The van der Waals surface area contributed by atoms with Gasteiger partial charge in [-0.25, -0.2) is 0 Å². The number of aliphatic imine (C=N–C) groups is 1. The van der Waals surface area contributed by atoms with Crippen LogP contribution in [0.3, 0.4) is 0 Å². The Morgan fingerprint density at radius 1 is 1.03 bits per heavy atom. The molecule has 6 rings (SSSR count). The molecule has 0 amide bonds. The topological polar surface area (TPSA) is 37.7 Å². The zero-order valence-corrected chi connectivity index (χ0v) is 19.3. The van der Waals surface area contributed by atoms with E-state index < -0.39 is 5.72 Å². The zero-order valence-electron chi connectivity index (χ0n) is 19.3. The number of hydrogen-bond acceptors (Lipinski definition) is 4. The molecular formula is C28H31N3O. The Morgan fingerprint density at radius 2 is 1.88 bits per heavy atom. The number of rotatable bonds is 2. The largest absolute Gasteiger partial charge is 0.459 e. The Kier molecular flexibility index (Phi) is 4.36. The van der Waals surface area contributed by atoms with Gasteiger partial charge in [-0.15, -0.1) is 0 Å². The van der Waals surface area contributed by atoms with E-state index >= 15 is 0 Å². The minimum Gasteiger partial charge on any atom is -0.459 e. The fourth-order valence-corrected chi connectivity index (χ4v) is 6.34. The van der Waals surface area contributed by atoms with Gasteiger partial charge in [-0.3, -0.25) is 9.98 Å². The second kappa shape index (κ2) is 7.06. The molecule has 2 aromatic carbocycles. The zero-order chi connectivity index (χ0) is 21.9. The van der Waals surface area contributed by atoms with E-state index in [1.54, 1.807) is 0 Å². The van der Waals surface area contributed by atoms with Crippen LogP contribution in [0.4, 0.5) is 11.4 Å². The lowest BCUT2D eigenvalue weighted by Crippen LogP contribution is -2.63. The molecule has 4 nitrogen and oxygen atoms in total. The monoisotopic (exact) mass is 425 g/mol. The van der Waals surface area contributed by atoms with Gasteiger partial charge in [-0.2, -0.15) is 0 Å². The van der Waals surface area contributed by atoms with Gasteiger partial charge >= 0.3 is 0 Å². The Morgan fingerprint density at radius 3 is 2.72 bits per heavy atom. The molecule has 0 bridgehead atoms. The maximum absolute atomic E-state index is 7.04. The first-order valence-corrected chi connectivity index (χ1v) is 12.0. The van der Waals surface area contributed by atoms with E-state index in [4.69, 9.17) is 9.73 Å². The number of aromatic nitrogens is 1.